The van der Waals surface area contributed by atoms with E-state index < -0.39 is 0 Å². The average Bonchev–Trinajstić information content (AvgIpc) is 2.68. The van der Waals surface area contributed by atoms with E-state index in [2.05, 4.69) is 5.32 Å². The number of carbonyl (C=O) groups excluding carboxylic acids is 2. The molecule has 5 heteroatoms. The number of anilines is 2. The predicted molar refractivity (Wildman–Crippen MR) is 117 cm³/mol. The van der Waals surface area contributed by atoms with Gasteiger partial charge in [-0.05, 0) is 73.9 Å². The van der Waals surface area contributed by atoms with E-state index in [0.717, 1.165) is 11.3 Å². The third kappa shape index (κ3) is 3.24. The van der Waals surface area contributed by atoms with Gasteiger partial charge in [0, 0.05) is 23.0 Å². The number of phenols is 1. The highest BCUT2D eigenvalue weighted by Gasteiger charge is 2.39. The second-order valence-corrected chi connectivity index (χ2v) is 7.58. The van der Waals surface area contributed by atoms with Crippen molar-refractivity contribution in [3.63, 3.8) is 0 Å². The summed E-state index contributed by atoms with van der Waals surface area (Å²) in [5.41, 5.74) is 5.07. The molecule has 150 valence electrons. The van der Waals surface area contributed by atoms with Gasteiger partial charge in [-0.25, -0.2) is 0 Å². The van der Waals surface area contributed by atoms with Crippen molar-refractivity contribution in [1.82, 2.24) is 0 Å². The van der Waals surface area contributed by atoms with Crippen LogP contribution in [0.1, 0.15) is 23.6 Å². The summed E-state index contributed by atoms with van der Waals surface area (Å²) in [6, 6.07) is 11.2. The molecule has 0 fully saturated rings. The molecule has 0 bridgehead atoms. The van der Waals surface area contributed by atoms with E-state index in [1.807, 2.05) is 37.3 Å². The minimum atomic E-state index is -0.355. The first-order valence-corrected chi connectivity index (χ1v) is 9.57. The Morgan fingerprint density at radius 2 is 1.53 bits per heavy atom. The highest BCUT2D eigenvalue weighted by Crippen LogP contribution is 2.44. The number of hydrogen-bond acceptors (Lipinski definition) is 5. The maximum absolute atomic E-state index is 12.9. The normalized spacial score (nSPS) is 18.4. The summed E-state index contributed by atoms with van der Waals surface area (Å²) >= 11 is 0. The van der Waals surface area contributed by atoms with Crippen LogP contribution in [0, 0.1) is 13.8 Å². The van der Waals surface area contributed by atoms with Crippen molar-refractivity contribution in [2.24, 2.45) is 0 Å². The molecule has 0 aromatic heterocycles. The van der Waals surface area contributed by atoms with Gasteiger partial charge in [0.15, 0.2) is 5.78 Å². The van der Waals surface area contributed by atoms with Gasteiger partial charge in [-0.2, -0.15) is 0 Å². The molecule has 0 atom stereocenters. The van der Waals surface area contributed by atoms with Crippen molar-refractivity contribution in [2.45, 2.75) is 20.8 Å². The predicted octanol–water partition coefficient (Wildman–Crippen LogP) is 4.99. The minimum Gasteiger partial charge on any atom is -0.507 e. The molecule has 0 saturated carbocycles. The second kappa shape index (κ2) is 7.19. The number of nitrogens with one attached hydrogen (secondary N) is 1. The molecule has 2 aliphatic rings. The number of phenolic OH excluding ortho intramolecular Hbond substituents is 1. The molecule has 2 aromatic rings. The minimum absolute atomic E-state index is 0.0903. The van der Waals surface area contributed by atoms with E-state index in [4.69, 9.17) is 0 Å². The standard InChI is InChI=1S/C25H21NO4/c1-13-4-6-16(7-5-13)26-17-10-15(3)21(20(28)12-17)23-24(29)22(25(23)30)19-9-8-18(27)11-14(19)2/h4-12,26,28-29H,1-3H3/b22-19-. The van der Waals surface area contributed by atoms with Crippen LogP contribution in [0.25, 0.3) is 5.57 Å². The Labute approximate surface area is 174 Å². The number of aromatic hydroxyl groups is 1. The lowest BCUT2D eigenvalue weighted by Crippen LogP contribution is -2.24. The first-order valence-electron chi connectivity index (χ1n) is 9.57. The number of ketones is 2. The van der Waals surface area contributed by atoms with E-state index in [1.165, 1.54) is 18.2 Å². The molecule has 2 aliphatic carbocycles. The number of carbonyl (C=O) groups is 2. The lowest BCUT2D eigenvalue weighted by Gasteiger charge is -2.26. The van der Waals surface area contributed by atoms with Crippen molar-refractivity contribution in [1.29, 1.82) is 0 Å². The van der Waals surface area contributed by atoms with Crippen LogP contribution in [0.2, 0.25) is 0 Å². The smallest absolute Gasteiger partial charge is 0.201 e. The maximum atomic E-state index is 12.9. The number of aliphatic hydroxyl groups is 1. The Bertz CT molecular complexity index is 1200. The van der Waals surface area contributed by atoms with Crippen LogP contribution in [-0.4, -0.2) is 21.8 Å². The molecule has 5 nitrogen and oxygen atoms in total. The zero-order valence-electron chi connectivity index (χ0n) is 16.9. The summed E-state index contributed by atoms with van der Waals surface area (Å²) in [5.74, 6) is -0.769. The van der Waals surface area contributed by atoms with Gasteiger partial charge in [-0.1, -0.05) is 17.7 Å². The molecule has 2 aromatic carbocycles. The van der Waals surface area contributed by atoms with Crippen LogP contribution < -0.4 is 5.32 Å². The average molecular weight is 399 g/mol. The molecule has 0 saturated heterocycles. The number of Topliss-reactive ketones (excluding diaryl/α,β-unsaturated/α-hetero) is 1. The van der Waals surface area contributed by atoms with Crippen molar-refractivity contribution < 1.29 is 19.8 Å². The highest BCUT2D eigenvalue weighted by atomic mass is 16.3. The largest absolute Gasteiger partial charge is 0.507 e. The molecule has 4 rings (SSSR count). The molecular formula is C25H21NO4. The van der Waals surface area contributed by atoms with Gasteiger partial charge in [0.1, 0.15) is 11.5 Å². The second-order valence-electron chi connectivity index (χ2n) is 7.58. The molecule has 0 aliphatic heterocycles. The number of aryl methyl sites for hydroxylation is 2. The molecule has 0 radical (unpaired) electrons. The highest BCUT2D eigenvalue weighted by molar-refractivity contribution is 6.40. The lowest BCUT2D eigenvalue weighted by molar-refractivity contribution is -0.112. The zero-order valence-corrected chi connectivity index (χ0v) is 16.9. The van der Waals surface area contributed by atoms with E-state index in [9.17, 15) is 19.8 Å². The van der Waals surface area contributed by atoms with Crippen LogP contribution in [-0.2, 0) is 9.59 Å². The maximum Gasteiger partial charge on any atom is 0.201 e. The number of rotatable bonds is 3. The first kappa shape index (κ1) is 19.5. The Morgan fingerprint density at radius 1 is 0.833 bits per heavy atom. The molecule has 30 heavy (non-hydrogen) atoms. The van der Waals surface area contributed by atoms with Gasteiger partial charge in [0.05, 0.1) is 11.1 Å². The third-order valence-electron chi connectivity index (χ3n) is 5.30. The van der Waals surface area contributed by atoms with E-state index in [1.54, 1.807) is 19.9 Å². The molecule has 0 spiro atoms. The van der Waals surface area contributed by atoms with E-state index >= 15 is 0 Å². The van der Waals surface area contributed by atoms with Crippen LogP contribution in [0.4, 0.5) is 11.4 Å². The summed E-state index contributed by atoms with van der Waals surface area (Å²) < 4.78 is 0. The van der Waals surface area contributed by atoms with Gasteiger partial charge in [0.25, 0.3) is 0 Å². The first-order chi connectivity index (χ1) is 14.3. The fourth-order valence-corrected chi connectivity index (χ4v) is 3.77. The molecule has 3 N–H and O–H groups in total. The summed E-state index contributed by atoms with van der Waals surface area (Å²) in [4.78, 5) is 24.3. The van der Waals surface area contributed by atoms with Gasteiger partial charge in [-0.3, -0.25) is 9.59 Å². The van der Waals surface area contributed by atoms with E-state index in [-0.39, 0.29) is 34.2 Å². The van der Waals surface area contributed by atoms with Crippen LogP contribution >= 0.6 is 0 Å². The topological polar surface area (TPSA) is 86.6 Å². The third-order valence-corrected chi connectivity index (χ3v) is 5.30. The zero-order chi connectivity index (χ0) is 21.6. The summed E-state index contributed by atoms with van der Waals surface area (Å²) in [6.45, 7) is 5.50. The van der Waals surface area contributed by atoms with Gasteiger partial charge < -0.3 is 15.5 Å². The molecule has 0 amide bonds. The number of aliphatic hydroxyl groups excluding tert-OH is 1. The molecule has 0 heterocycles. The molecular weight excluding hydrogens is 378 g/mol. The number of hydrogen-bond donors (Lipinski definition) is 3. The summed E-state index contributed by atoms with van der Waals surface area (Å²) in [5, 5.41) is 24.5. The molecule has 0 unspecified atom stereocenters. The quantitative estimate of drug-likeness (QED) is 0.633. The summed E-state index contributed by atoms with van der Waals surface area (Å²) in [7, 11) is 0. The Hall–Kier alpha value is -3.86. The van der Waals surface area contributed by atoms with Gasteiger partial charge in [-0.15, -0.1) is 0 Å². The fraction of sp³-hybridized carbons (Fsp3) is 0.120. The van der Waals surface area contributed by atoms with Crippen molar-refractivity contribution in [2.75, 3.05) is 5.32 Å². The van der Waals surface area contributed by atoms with Crippen molar-refractivity contribution >= 4 is 28.5 Å². The summed E-state index contributed by atoms with van der Waals surface area (Å²) in [6.07, 6.45) is 4.33. The SMILES string of the molecule is CC1=CC(=O)C=C/C1=C1/C(=O)C(c2c(C)cc(Nc3ccc(C)cc3)cc2O)=C1O. The Kier molecular flexibility index (Phi) is 4.66. The van der Waals surface area contributed by atoms with Crippen molar-refractivity contribution in [3.05, 3.63) is 93.8 Å². The fourth-order valence-electron chi connectivity index (χ4n) is 3.77. The van der Waals surface area contributed by atoms with Gasteiger partial charge in [0.2, 0.25) is 5.78 Å². The lowest BCUT2D eigenvalue weighted by atomic mass is 9.77. The Balaban J connectivity index is 1.71. The van der Waals surface area contributed by atoms with Gasteiger partial charge >= 0.3 is 0 Å². The van der Waals surface area contributed by atoms with E-state index in [0.29, 0.717) is 28.0 Å². The van der Waals surface area contributed by atoms with Crippen LogP contribution in [0.3, 0.4) is 0 Å². The Morgan fingerprint density at radius 3 is 2.13 bits per heavy atom. The monoisotopic (exact) mass is 399 g/mol. The number of allylic oxidation sites excluding steroid dienone is 7. The van der Waals surface area contributed by atoms with Crippen LogP contribution in [0.15, 0.2) is 77.1 Å². The van der Waals surface area contributed by atoms with Crippen LogP contribution in [0.5, 0.6) is 5.75 Å². The van der Waals surface area contributed by atoms with Crippen molar-refractivity contribution in [3.8, 4) is 5.75 Å². The number of benzene rings is 2.